The second kappa shape index (κ2) is 9.36. The molecule has 1 spiro atoms. The Bertz CT molecular complexity index is 919. The molecule has 0 bridgehead atoms. The average Bonchev–Trinajstić information content (AvgIpc) is 3.10. The molecule has 35 heavy (non-hydrogen) atoms. The molecular weight excluding hydrogens is 448 g/mol. The molecule has 8 nitrogen and oxygen atoms in total. The first-order chi connectivity index (χ1) is 16.4. The molecular formula is C27H40N2O6. The summed E-state index contributed by atoms with van der Waals surface area (Å²) in [6.45, 7) is 11.6. The largest absolute Gasteiger partial charge is 0.465 e. The molecule has 1 unspecified atom stereocenters. The summed E-state index contributed by atoms with van der Waals surface area (Å²) in [5.74, 6) is -2.47. The highest BCUT2D eigenvalue weighted by molar-refractivity contribution is 5.99. The van der Waals surface area contributed by atoms with Crippen LogP contribution in [0.1, 0.15) is 60.3 Å². The molecule has 0 aromatic rings. The van der Waals surface area contributed by atoms with Gasteiger partial charge in [-0.05, 0) is 44.9 Å². The van der Waals surface area contributed by atoms with Crippen LogP contribution in [0.5, 0.6) is 0 Å². The number of carbonyl (C=O) groups is 3. The lowest BCUT2D eigenvalue weighted by atomic mass is 9.77. The molecule has 0 aliphatic carbocycles. The van der Waals surface area contributed by atoms with E-state index in [1.54, 1.807) is 4.90 Å². The SMILES string of the molecule is CC(C)(C)CC(C)(C)N1CC=C[C@]23O[C@H]4C=CCCOC(=O)[C@H]4[C@H]2C(=O)N(CCCCO)C3C1=O. The van der Waals surface area contributed by atoms with E-state index in [-0.39, 0.29) is 30.4 Å². The third-order valence-corrected chi connectivity index (χ3v) is 7.62. The number of carbonyl (C=O) groups excluding carboxylic acids is 3. The summed E-state index contributed by atoms with van der Waals surface area (Å²) in [6.07, 6.45) is 9.39. The number of nitrogens with zero attached hydrogens (tertiary/aromatic N) is 2. The van der Waals surface area contributed by atoms with E-state index >= 15 is 0 Å². The van der Waals surface area contributed by atoms with E-state index in [0.29, 0.717) is 32.4 Å². The summed E-state index contributed by atoms with van der Waals surface area (Å²) < 4.78 is 12.0. The second-order valence-corrected chi connectivity index (χ2v) is 12.1. The number of amides is 2. The molecule has 194 valence electrons. The predicted molar refractivity (Wildman–Crippen MR) is 130 cm³/mol. The molecule has 4 aliphatic heterocycles. The van der Waals surface area contributed by atoms with E-state index < -0.39 is 41.1 Å². The molecule has 5 atom stereocenters. The van der Waals surface area contributed by atoms with Crippen molar-refractivity contribution in [3.05, 3.63) is 24.3 Å². The van der Waals surface area contributed by atoms with E-state index in [9.17, 15) is 19.5 Å². The minimum Gasteiger partial charge on any atom is -0.465 e. The van der Waals surface area contributed by atoms with Gasteiger partial charge < -0.3 is 24.4 Å². The van der Waals surface area contributed by atoms with Crippen molar-refractivity contribution in [2.75, 3.05) is 26.3 Å². The van der Waals surface area contributed by atoms with Gasteiger partial charge in [-0.1, -0.05) is 45.1 Å². The van der Waals surface area contributed by atoms with Gasteiger partial charge >= 0.3 is 5.97 Å². The number of ether oxygens (including phenoxy) is 2. The van der Waals surface area contributed by atoms with Crippen molar-refractivity contribution in [3.63, 3.8) is 0 Å². The van der Waals surface area contributed by atoms with Crippen molar-refractivity contribution in [2.24, 2.45) is 17.3 Å². The predicted octanol–water partition coefficient (Wildman–Crippen LogP) is 2.46. The number of cyclic esters (lactones) is 1. The smallest absolute Gasteiger partial charge is 0.312 e. The molecule has 0 aromatic carbocycles. The van der Waals surface area contributed by atoms with Crippen molar-refractivity contribution < 1.29 is 29.0 Å². The van der Waals surface area contributed by atoms with Gasteiger partial charge in [0.15, 0.2) is 0 Å². The van der Waals surface area contributed by atoms with Gasteiger partial charge in [0.2, 0.25) is 11.8 Å². The summed E-state index contributed by atoms with van der Waals surface area (Å²) in [5.41, 5.74) is -1.69. The number of hydrogen-bond donors (Lipinski definition) is 1. The number of likely N-dealkylation sites (tertiary alicyclic amines) is 1. The van der Waals surface area contributed by atoms with Crippen LogP contribution in [0.4, 0.5) is 0 Å². The van der Waals surface area contributed by atoms with Crippen LogP contribution < -0.4 is 0 Å². The molecule has 4 rings (SSSR count). The van der Waals surface area contributed by atoms with E-state index in [0.717, 1.165) is 6.42 Å². The lowest BCUT2D eigenvalue weighted by molar-refractivity contribution is -0.156. The van der Waals surface area contributed by atoms with Crippen LogP contribution in [0.2, 0.25) is 0 Å². The quantitative estimate of drug-likeness (QED) is 0.351. The number of unbranched alkanes of at least 4 members (excludes halogenated alkanes) is 1. The fraction of sp³-hybridized carbons (Fsp3) is 0.741. The van der Waals surface area contributed by atoms with Crippen LogP contribution in [0.15, 0.2) is 24.3 Å². The standard InChI is InChI=1S/C27H40N2O6/c1-25(2,3)17-26(4,5)29-14-10-12-27-20(19-18(35-27)11-6-9-16-34-24(19)33)22(31)28(13-7-8-15-30)21(27)23(29)32/h6,10-12,18-21,30H,7-9,13-17H2,1-5H3/t18-,19+,20-,21?,27-/m0/s1. The summed E-state index contributed by atoms with van der Waals surface area (Å²) in [7, 11) is 0. The maximum Gasteiger partial charge on any atom is 0.312 e. The van der Waals surface area contributed by atoms with Gasteiger partial charge in [0, 0.05) is 25.2 Å². The fourth-order valence-corrected chi connectivity index (χ4v) is 6.68. The minimum atomic E-state index is -1.23. The molecule has 2 amide bonds. The monoisotopic (exact) mass is 488 g/mol. The highest BCUT2D eigenvalue weighted by Gasteiger charge is 2.72. The highest BCUT2D eigenvalue weighted by atomic mass is 16.6. The molecule has 4 aliphatic rings. The topological polar surface area (TPSA) is 96.4 Å². The van der Waals surface area contributed by atoms with Crippen LogP contribution in [0.3, 0.4) is 0 Å². The molecule has 1 N–H and O–H groups in total. The van der Waals surface area contributed by atoms with Gasteiger partial charge in [0.1, 0.15) is 17.6 Å². The number of hydrogen-bond acceptors (Lipinski definition) is 6. The summed E-state index contributed by atoms with van der Waals surface area (Å²) >= 11 is 0. The molecule has 0 saturated carbocycles. The molecule has 2 saturated heterocycles. The van der Waals surface area contributed by atoms with E-state index in [1.165, 1.54) is 0 Å². The highest BCUT2D eigenvalue weighted by Crippen LogP contribution is 2.53. The first-order valence-electron chi connectivity index (χ1n) is 12.8. The van der Waals surface area contributed by atoms with Crippen LogP contribution in [0.25, 0.3) is 0 Å². The zero-order valence-corrected chi connectivity index (χ0v) is 21.7. The molecule has 0 aromatic heterocycles. The summed E-state index contributed by atoms with van der Waals surface area (Å²) in [6, 6.07) is -0.869. The Hall–Kier alpha value is -2.19. The first-order valence-corrected chi connectivity index (χ1v) is 12.8. The summed E-state index contributed by atoms with van der Waals surface area (Å²) in [4.78, 5) is 44.8. The number of aliphatic hydroxyl groups excluding tert-OH is 1. The van der Waals surface area contributed by atoms with Crippen LogP contribution in [-0.4, -0.2) is 82.3 Å². The van der Waals surface area contributed by atoms with Crippen molar-refractivity contribution in [2.45, 2.75) is 83.6 Å². The van der Waals surface area contributed by atoms with Crippen molar-refractivity contribution >= 4 is 17.8 Å². The van der Waals surface area contributed by atoms with Gasteiger partial charge in [0.05, 0.1) is 18.6 Å². The Morgan fingerprint density at radius 1 is 1.09 bits per heavy atom. The molecule has 0 radical (unpaired) electrons. The zero-order valence-electron chi connectivity index (χ0n) is 21.7. The summed E-state index contributed by atoms with van der Waals surface area (Å²) in [5, 5.41) is 9.32. The minimum absolute atomic E-state index is 0.00379. The fourth-order valence-electron chi connectivity index (χ4n) is 6.68. The number of aliphatic hydroxyl groups is 1. The van der Waals surface area contributed by atoms with Gasteiger partial charge in [0.25, 0.3) is 0 Å². The Balaban J connectivity index is 1.78. The Kier molecular flexibility index (Phi) is 6.92. The molecule has 8 heteroatoms. The first kappa shape index (κ1) is 25.9. The van der Waals surface area contributed by atoms with Gasteiger partial charge in [-0.15, -0.1) is 0 Å². The lowest BCUT2D eigenvalue weighted by Gasteiger charge is -2.44. The van der Waals surface area contributed by atoms with Gasteiger partial charge in [-0.2, -0.15) is 0 Å². The normalized spacial score (nSPS) is 33.1. The van der Waals surface area contributed by atoms with Crippen molar-refractivity contribution in [1.29, 1.82) is 0 Å². The maximum atomic E-state index is 14.3. The van der Waals surface area contributed by atoms with E-state index in [1.807, 2.05) is 29.2 Å². The Morgan fingerprint density at radius 2 is 1.83 bits per heavy atom. The number of esters is 1. The zero-order chi connectivity index (χ0) is 25.6. The number of rotatable bonds is 6. The third-order valence-electron chi connectivity index (χ3n) is 7.62. The third kappa shape index (κ3) is 4.55. The van der Waals surface area contributed by atoms with Crippen molar-refractivity contribution in [3.8, 4) is 0 Å². The van der Waals surface area contributed by atoms with E-state index in [4.69, 9.17) is 9.47 Å². The maximum absolute atomic E-state index is 14.3. The average molecular weight is 489 g/mol. The van der Waals surface area contributed by atoms with Crippen molar-refractivity contribution in [1.82, 2.24) is 9.80 Å². The van der Waals surface area contributed by atoms with Gasteiger partial charge in [-0.25, -0.2) is 0 Å². The van der Waals surface area contributed by atoms with Gasteiger partial charge in [-0.3, -0.25) is 14.4 Å². The van der Waals surface area contributed by atoms with Crippen LogP contribution in [0, 0.1) is 17.3 Å². The molecule has 4 heterocycles. The van der Waals surface area contributed by atoms with Crippen LogP contribution >= 0.6 is 0 Å². The Morgan fingerprint density at radius 3 is 2.51 bits per heavy atom. The molecule has 2 fully saturated rings. The number of fused-ring (bicyclic) bond motifs is 2. The second-order valence-electron chi connectivity index (χ2n) is 12.1. The lowest BCUT2D eigenvalue weighted by Crippen LogP contribution is -2.59. The van der Waals surface area contributed by atoms with E-state index in [2.05, 4.69) is 34.6 Å². The van der Waals surface area contributed by atoms with Crippen LogP contribution in [-0.2, 0) is 23.9 Å². The Labute approximate surface area is 208 Å².